The lowest BCUT2D eigenvalue weighted by Crippen LogP contribution is -2.30. The Hall–Kier alpha value is -2.82. The second-order valence-electron chi connectivity index (χ2n) is 5.77. The smallest absolute Gasteiger partial charge is 0.240 e. The van der Waals surface area contributed by atoms with Gasteiger partial charge in [-0.1, -0.05) is 30.3 Å². The Morgan fingerprint density at radius 1 is 1.21 bits per heavy atom. The van der Waals surface area contributed by atoms with Crippen LogP contribution in [0.1, 0.15) is 24.4 Å². The van der Waals surface area contributed by atoms with Crippen LogP contribution in [0.25, 0.3) is 11.0 Å². The number of hydrogen-bond donors (Lipinski definition) is 1. The molecular weight excluding hydrogens is 302 g/mol. The average molecular weight is 323 g/mol. The van der Waals surface area contributed by atoms with E-state index in [1.165, 1.54) is 0 Å². The van der Waals surface area contributed by atoms with Crippen molar-refractivity contribution >= 4 is 16.9 Å². The number of rotatable bonds is 5. The van der Waals surface area contributed by atoms with Crippen LogP contribution in [0.15, 0.2) is 48.5 Å². The molecular formula is C19H21N3O2. The first kappa shape index (κ1) is 16.1. The number of aryl methyl sites for hydroxylation is 1. The molecule has 0 bridgehead atoms. The predicted octanol–water partition coefficient (Wildman–Crippen LogP) is 3.23. The summed E-state index contributed by atoms with van der Waals surface area (Å²) in [6.45, 7) is 4.11. The fourth-order valence-corrected chi connectivity index (χ4v) is 2.93. The number of ether oxygens (including phenoxy) is 1. The van der Waals surface area contributed by atoms with Crippen LogP contribution in [-0.4, -0.2) is 22.6 Å². The van der Waals surface area contributed by atoms with Crippen molar-refractivity contribution < 1.29 is 9.53 Å². The Kier molecular flexibility index (Phi) is 4.51. The van der Waals surface area contributed by atoms with Gasteiger partial charge in [0.15, 0.2) is 0 Å². The van der Waals surface area contributed by atoms with Gasteiger partial charge in [-0.3, -0.25) is 4.79 Å². The van der Waals surface area contributed by atoms with Crippen LogP contribution in [0.3, 0.4) is 0 Å². The number of amides is 1. The maximum absolute atomic E-state index is 12.5. The molecule has 24 heavy (non-hydrogen) atoms. The number of nitrogens with zero attached hydrogens (tertiary/aromatic N) is 2. The number of nitrogens with one attached hydrogen (secondary N) is 1. The molecule has 0 aliphatic rings. The SMILES string of the molecule is COc1ccccc1[C@H](C)NC(=O)Cn1c(C)nc2ccccc21. The van der Waals surface area contributed by atoms with E-state index in [4.69, 9.17) is 4.74 Å². The lowest BCUT2D eigenvalue weighted by atomic mass is 10.1. The van der Waals surface area contributed by atoms with Gasteiger partial charge < -0.3 is 14.6 Å². The minimum absolute atomic E-state index is 0.0559. The van der Waals surface area contributed by atoms with Crippen molar-refractivity contribution in [2.75, 3.05) is 7.11 Å². The summed E-state index contributed by atoms with van der Waals surface area (Å²) in [6.07, 6.45) is 0. The summed E-state index contributed by atoms with van der Waals surface area (Å²) < 4.78 is 7.29. The van der Waals surface area contributed by atoms with Gasteiger partial charge in [-0.05, 0) is 32.0 Å². The zero-order chi connectivity index (χ0) is 17.1. The van der Waals surface area contributed by atoms with Crippen molar-refractivity contribution in [3.8, 4) is 5.75 Å². The fraction of sp³-hybridized carbons (Fsp3) is 0.263. The van der Waals surface area contributed by atoms with E-state index in [9.17, 15) is 4.79 Å². The molecule has 5 heteroatoms. The highest BCUT2D eigenvalue weighted by Crippen LogP contribution is 2.24. The molecule has 0 aliphatic heterocycles. The molecule has 1 N–H and O–H groups in total. The minimum Gasteiger partial charge on any atom is -0.496 e. The van der Waals surface area contributed by atoms with E-state index >= 15 is 0 Å². The van der Waals surface area contributed by atoms with Crippen LogP contribution < -0.4 is 10.1 Å². The fourth-order valence-electron chi connectivity index (χ4n) is 2.93. The highest BCUT2D eigenvalue weighted by molar-refractivity contribution is 5.81. The van der Waals surface area contributed by atoms with E-state index in [1.54, 1.807) is 7.11 Å². The molecule has 124 valence electrons. The largest absolute Gasteiger partial charge is 0.496 e. The number of hydrogen-bond acceptors (Lipinski definition) is 3. The summed E-state index contributed by atoms with van der Waals surface area (Å²) in [6, 6.07) is 15.4. The number of carbonyl (C=O) groups is 1. The number of imidazole rings is 1. The topological polar surface area (TPSA) is 56.1 Å². The first-order chi connectivity index (χ1) is 11.6. The molecule has 0 radical (unpaired) electrons. The van der Waals surface area contributed by atoms with Gasteiger partial charge in [-0.15, -0.1) is 0 Å². The second-order valence-corrected chi connectivity index (χ2v) is 5.77. The van der Waals surface area contributed by atoms with E-state index in [1.807, 2.05) is 66.9 Å². The Balaban J connectivity index is 1.76. The van der Waals surface area contributed by atoms with E-state index in [-0.39, 0.29) is 18.5 Å². The average Bonchev–Trinajstić information content (AvgIpc) is 2.90. The standard InChI is InChI=1S/C19H21N3O2/c1-13(15-8-4-7-11-18(15)24-3)20-19(23)12-22-14(2)21-16-9-5-6-10-17(16)22/h4-11,13H,12H2,1-3H3,(H,20,23)/t13-/m0/s1. The highest BCUT2D eigenvalue weighted by atomic mass is 16.5. The molecule has 0 unspecified atom stereocenters. The van der Waals surface area contributed by atoms with Gasteiger partial charge in [0.1, 0.15) is 18.1 Å². The molecule has 0 saturated carbocycles. The van der Waals surface area contributed by atoms with Crippen LogP contribution >= 0.6 is 0 Å². The van der Waals surface area contributed by atoms with Crippen molar-refractivity contribution in [2.24, 2.45) is 0 Å². The Morgan fingerprint density at radius 2 is 1.92 bits per heavy atom. The molecule has 1 aromatic heterocycles. The van der Waals surface area contributed by atoms with Crippen LogP contribution in [0.2, 0.25) is 0 Å². The monoisotopic (exact) mass is 323 g/mol. The predicted molar refractivity (Wildman–Crippen MR) is 94.0 cm³/mol. The number of benzene rings is 2. The van der Waals surface area contributed by atoms with E-state index in [2.05, 4.69) is 10.3 Å². The number of aromatic nitrogens is 2. The highest BCUT2D eigenvalue weighted by Gasteiger charge is 2.15. The molecule has 1 atom stereocenters. The van der Waals surface area contributed by atoms with E-state index in [0.29, 0.717) is 0 Å². The van der Waals surface area contributed by atoms with Crippen molar-refractivity contribution in [1.29, 1.82) is 0 Å². The Labute approximate surface area is 141 Å². The molecule has 0 spiro atoms. The van der Waals surface area contributed by atoms with Gasteiger partial charge in [0.25, 0.3) is 0 Å². The van der Waals surface area contributed by atoms with E-state index < -0.39 is 0 Å². The summed E-state index contributed by atoms with van der Waals surface area (Å²) >= 11 is 0. The van der Waals surface area contributed by atoms with Crippen molar-refractivity contribution in [3.05, 3.63) is 59.9 Å². The zero-order valence-corrected chi connectivity index (χ0v) is 14.1. The van der Waals surface area contributed by atoms with Gasteiger partial charge in [-0.2, -0.15) is 0 Å². The molecule has 3 rings (SSSR count). The van der Waals surface area contributed by atoms with Crippen LogP contribution in [-0.2, 0) is 11.3 Å². The molecule has 3 aromatic rings. The Bertz CT molecular complexity index is 870. The molecule has 0 saturated heterocycles. The van der Waals surface area contributed by atoms with E-state index in [0.717, 1.165) is 28.2 Å². The number of methoxy groups -OCH3 is 1. The molecule has 2 aromatic carbocycles. The molecule has 0 fully saturated rings. The Morgan fingerprint density at radius 3 is 2.71 bits per heavy atom. The lowest BCUT2D eigenvalue weighted by Gasteiger charge is -2.17. The summed E-state index contributed by atoms with van der Waals surface area (Å²) in [5.74, 6) is 1.55. The van der Waals surface area contributed by atoms with Crippen LogP contribution in [0, 0.1) is 6.92 Å². The van der Waals surface area contributed by atoms with Gasteiger partial charge in [0, 0.05) is 5.56 Å². The maximum atomic E-state index is 12.5. The molecule has 1 heterocycles. The quantitative estimate of drug-likeness (QED) is 0.784. The number of carbonyl (C=O) groups excluding carboxylic acids is 1. The number of fused-ring (bicyclic) bond motifs is 1. The third-order valence-electron chi connectivity index (χ3n) is 4.13. The number of para-hydroxylation sites is 3. The third kappa shape index (κ3) is 3.11. The van der Waals surface area contributed by atoms with Gasteiger partial charge in [0.2, 0.25) is 5.91 Å². The first-order valence-electron chi connectivity index (χ1n) is 7.94. The van der Waals surface area contributed by atoms with Gasteiger partial charge in [-0.25, -0.2) is 4.98 Å². The summed E-state index contributed by atoms with van der Waals surface area (Å²) in [5.41, 5.74) is 2.83. The van der Waals surface area contributed by atoms with Crippen molar-refractivity contribution in [3.63, 3.8) is 0 Å². The van der Waals surface area contributed by atoms with Crippen molar-refractivity contribution in [1.82, 2.24) is 14.9 Å². The lowest BCUT2D eigenvalue weighted by molar-refractivity contribution is -0.122. The normalized spacial score (nSPS) is 12.1. The summed E-state index contributed by atoms with van der Waals surface area (Å²) in [4.78, 5) is 17.0. The minimum atomic E-state index is -0.135. The second kappa shape index (κ2) is 6.74. The summed E-state index contributed by atoms with van der Waals surface area (Å²) in [7, 11) is 1.63. The van der Waals surface area contributed by atoms with Crippen molar-refractivity contribution in [2.45, 2.75) is 26.4 Å². The first-order valence-corrected chi connectivity index (χ1v) is 7.94. The molecule has 1 amide bonds. The van der Waals surface area contributed by atoms with Gasteiger partial charge >= 0.3 is 0 Å². The van der Waals surface area contributed by atoms with Crippen LogP contribution in [0.4, 0.5) is 0 Å². The molecule has 0 aliphatic carbocycles. The zero-order valence-electron chi connectivity index (χ0n) is 14.1. The summed E-state index contributed by atoms with van der Waals surface area (Å²) in [5, 5.41) is 3.03. The van der Waals surface area contributed by atoms with Crippen LogP contribution in [0.5, 0.6) is 5.75 Å². The third-order valence-corrected chi connectivity index (χ3v) is 4.13. The molecule has 5 nitrogen and oxygen atoms in total. The maximum Gasteiger partial charge on any atom is 0.240 e. The van der Waals surface area contributed by atoms with Gasteiger partial charge in [0.05, 0.1) is 24.2 Å².